The summed E-state index contributed by atoms with van der Waals surface area (Å²) in [5, 5.41) is 20.7. The predicted molar refractivity (Wildman–Crippen MR) is 65.8 cm³/mol. The molecule has 104 valence electrons. The van der Waals surface area contributed by atoms with Crippen LogP contribution in [0.25, 0.3) is 0 Å². The molecule has 0 bridgehead atoms. The van der Waals surface area contributed by atoms with Crippen LogP contribution in [-0.4, -0.2) is 58.8 Å². The van der Waals surface area contributed by atoms with E-state index >= 15 is 0 Å². The van der Waals surface area contributed by atoms with Crippen LogP contribution in [0.2, 0.25) is 0 Å². The van der Waals surface area contributed by atoms with Crippen LogP contribution in [0.3, 0.4) is 0 Å². The van der Waals surface area contributed by atoms with Crippen molar-refractivity contribution in [1.29, 1.82) is 0 Å². The number of aliphatic hydroxyl groups is 2. The Morgan fingerprint density at radius 2 is 2.00 bits per heavy atom. The van der Waals surface area contributed by atoms with Crippen LogP contribution >= 0.6 is 0 Å². The zero-order valence-electron chi connectivity index (χ0n) is 10.8. The standard InChI is InChI=1S/C12H22N2O4/c1-12(8-15,9-16)13-10(17)7-14-6-4-2-3-5-11(14)18/h15-16H,2-9H2,1H3,(H,13,17). The fourth-order valence-corrected chi connectivity index (χ4v) is 1.88. The van der Waals surface area contributed by atoms with Crippen LogP contribution in [0.4, 0.5) is 0 Å². The smallest absolute Gasteiger partial charge is 0.240 e. The lowest BCUT2D eigenvalue weighted by Gasteiger charge is -2.28. The van der Waals surface area contributed by atoms with Crippen molar-refractivity contribution in [3.63, 3.8) is 0 Å². The van der Waals surface area contributed by atoms with Crippen molar-refractivity contribution in [2.45, 2.75) is 38.1 Å². The minimum Gasteiger partial charge on any atom is -0.394 e. The van der Waals surface area contributed by atoms with Gasteiger partial charge >= 0.3 is 0 Å². The van der Waals surface area contributed by atoms with Gasteiger partial charge in [0, 0.05) is 13.0 Å². The molecule has 1 saturated heterocycles. The van der Waals surface area contributed by atoms with E-state index in [1.807, 2.05) is 0 Å². The lowest BCUT2D eigenvalue weighted by molar-refractivity contribution is -0.136. The Bertz CT molecular complexity index is 302. The zero-order valence-corrected chi connectivity index (χ0v) is 10.8. The molecule has 0 aliphatic carbocycles. The van der Waals surface area contributed by atoms with Gasteiger partial charge < -0.3 is 20.4 Å². The summed E-state index contributed by atoms with van der Waals surface area (Å²) in [7, 11) is 0. The van der Waals surface area contributed by atoms with E-state index in [1.54, 1.807) is 6.92 Å². The Kier molecular flexibility index (Phi) is 5.55. The van der Waals surface area contributed by atoms with Crippen LogP contribution in [0.15, 0.2) is 0 Å². The van der Waals surface area contributed by atoms with Gasteiger partial charge in [0.1, 0.15) is 0 Å². The normalized spacial score (nSPS) is 17.5. The van der Waals surface area contributed by atoms with Crippen molar-refractivity contribution in [2.24, 2.45) is 0 Å². The average molecular weight is 258 g/mol. The van der Waals surface area contributed by atoms with E-state index in [1.165, 1.54) is 4.90 Å². The number of hydrogen-bond donors (Lipinski definition) is 3. The molecule has 1 rings (SSSR count). The molecule has 0 unspecified atom stereocenters. The molecule has 0 saturated carbocycles. The van der Waals surface area contributed by atoms with Crippen molar-refractivity contribution < 1.29 is 19.8 Å². The van der Waals surface area contributed by atoms with Gasteiger partial charge in [-0.2, -0.15) is 0 Å². The van der Waals surface area contributed by atoms with Crippen LogP contribution in [-0.2, 0) is 9.59 Å². The maximum atomic E-state index is 11.8. The molecule has 6 heteroatoms. The summed E-state index contributed by atoms with van der Waals surface area (Å²) in [6.45, 7) is 1.46. The lowest BCUT2D eigenvalue weighted by atomic mass is 10.1. The lowest BCUT2D eigenvalue weighted by Crippen LogP contribution is -2.54. The molecule has 1 heterocycles. The summed E-state index contributed by atoms with van der Waals surface area (Å²) in [6.07, 6.45) is 3.29. The molecule has 0 atom stereocenters. The van der Waals surface area contributed by atoms with E-state index in [0.717, 1.165) is 19.3 Å². The summed E-state index contributed by atoms with van der Waals surface area (Å²) >= 11 is 0. The predicted octanol–water partition coefficient (Wildman–Crippen LogP) is -0.751. The third kappa shape index (κ3) is 4.27. The summed E-state index contributed by atoms with van der Waals surface area (Å²) < 4.78 is 0. The molecule has 3 N–H and O–H groups in total. The largest absolute Gasteiger partial charge is 0.394 e. The number of nitrogens with one attached hydrogen (secondary N) is 1. The molecule has 1 aliphatic heterocycles. The number of rotatable bonds is 5. The Balaban J connectivity index is 2.50. The minimum absolute atomic E-state index is 0.00245. The van der Waals surface area contributed by atoms with Crippen molar-refractivity contribution >= 4 is 11.8 Å². The maximum absolute atomic E-state index is 11.8. The van der Waals surface area contributed by atoms with Gasteiger partial charge in [-0.05, 0) is 19.8 Å². The van der Waals surface area contributed by atoms with E-state index in [2.05, 4.69) is 5.32 Å². The van der Waals surface area contributed by atoms with Gasteiger partial charge in [0.15, 0.2) is 0 Å². The molecule has 0 aromatic rings. The van der Waals surface area contributed by atoms with Crippen molar-refractivity contribution in [3.8, 4) is 0 Å². The highest BCUT2D eigenvalue weighted by Gasteiger charge is 2.26. The highest BCUT2D eigenvalue weighted by Crippen LogP contribution is 2.11. The highest BCUT2D eigenvalue weighted by atomic mass is 16.3. The van der Waals surface area contributed by atoms with E-state index in [0.29, 0.717) is 13.0 Å². The maximum Gasteiger partial charge on any atom is 0.240 e. The van der Waals surface area contributed by atoms with E-state index < -0.39 is 5.54 Å². The van der Waals surface area contributed by atoms with Crippen LogP contribution in [0, 0.1) is 0 Å². The number of carbonyl (C=O) groups excluding carboxylic acids is 2. The van der Waals surface area contributed by atoms with Gasteiger partial charge in [-0.25, -0.2) is 0 Å². The van der Waals surface area contributed by atoms with Crippen molar-refractivity contribution in [3.05, 3.63) is 0 Å². The molecule has 0 aromatic carbocycles. The van der Waals surface area contributed by atoms with Gasteiger partial charge in [0.25, 0.3) is 0 Å². The van der Waals surface area contributed by atoms with Crippen molar-refractivity contribution in [1.82, 2.24) is 10.2 Å². The van der Waals surface area contributed by atoms with Crippen LogP contribution < -0.4 is 5.32 Å². The Morgan fingerprint density at radius 1 is 1.33 bits per heavy atom. The van der Waals surface area contributed by atoms with Gasteiger partial charge in [-0.15, -0.1) is 0 Å². The number of carbonyl (C=O) groups is 2. The molecule has 0 aromatic heterocycles. The quantitative estimate of drug-likeness (QED) is 0.605. The van der Waals surface area contributed by atoms with Gasteiger partial charge in [-0.1, -0.05) is 6.42 Å². The first kappa shape index (κ1) is 14.9. The Morgan fingerprint density at radius 3 is 2.61 bits per heavy atom. The Hall–Kier alpha value is -1.14. The summed E-state index contributed by atoms with van der Waals surface area (Å²) in [4.78, 5) is 25.0. The fraction of sp³-hybridized carbons (Fsp3) is 0.833. The molecule has 18 heavy (non-hydrogen) atoms. The molecule has 2 amide bonds. The summed E-state index contributed by atoms with van der Waals surface area (Å²) in [5.74, 6) is -0.354. The van der Waals surface area contributed by atoms with E-state index in [9.17, 15) is 9.59 Å². The molecular formula is C12H22N2O4. The first-order valence-corrected chi connectivity index (χ1v) is 6.31. The van der Waals surface area contributed by atoms with Gasteiger partial charge in [0.05, 0.1) is 25.3 Å². The van der Waals surface area contributed by atoms with E-state index in [4.69, 9.17) is 10.2 Å². The van der Waals surface area contributed by atoms with Crippen LogP contribution in [0.1, 0.15) is 32.6 Å². The van der Waals surface area contributed by atoms with Crippen molar-refractivity contribution in [2.75, 3.05) is 26.3 Å². The SMILES string of the molecule is CC(CO)(CO)NC(=O)CN1CCCCCC1=O. The number of amides is 2. The summed E-state index contributed by atoms with van der Waals surface area (Å²) in [6, 6.07) is 0. The van der Waals surface area contributed by atoms with Gasteiger partial charge in [-0.3, -0.25) is 9.59 Å². The zero-order chi connectivity index (χ0) is 13.6. The third-order valence-corrected chi connectivity index (χ3v) is 3.14. The first-order chi connectivity index (χ1) is 8.50. The monoisotopic (exact) mass is 258 g/mol. The Labute approximate surface area is 107 Å². The number of nitrogens with zero attached hydrogens (tertiary/aromatic N) is 1. The van der Waals surface area contributed by atoms with Gasteiger partial charge in [0.2, 0.25) is 11.8 Å². The molecular weight excluding hydrogens is 236 g/mol. The average Bonchev–Trinajstić information content (AvgIpc) is 2.55. The second-order valence-corrected chi connectivity index (χ2v) is 5.05. The van der Waals surface area contributed by atoms with Crippen LogP contribution in [0.5, 0.6) is 0 Å². The molecule has 1 fully saturated rings. The summed E-state index contributed by atoms with van der Waals surface area (Å²) in [5.41, 5.74) is -1.04. The third-order valence-electron chi connectivity index (χ3n) is 3.14. The second-order valence-electron chi connectivity index (χ2n) is 5.05. The topological polar surface area (TPSA) is 89.9 Å². The molecule has 0 spiro atoms. The fourth-order valence-electron chi connectivity index (χ4n) is 1.88. The minimum atomic E-state index is -1.04. The second kappa shape index (κ2) is 6.70. The molecule has 6 nitrogen and oxygen atoms in total. The number of aliphatic hydroxyl groups excluding tert-OH is 2. The molecule has 1 aliphatic rings. The van der Waals surface area contributed by atoms with E-state index in [-0.39, 0.29) is 31.6 Å². The molecule has 0 radical (unpaired) electrons. The highest BCUT2D eigenvalue weighted by molar-refractivity contribution is 5.85. The number of hydrogen-bond acceptors (Lipinski definition) is 4. The number of likely N-dealkylation sites (tertiary alicyclic amines) is 1. The first-order valence-electron chi connectivity index (χ1n) is 6.31.